The third-order valence-corrected chi connectivity index (χ3v) is 5.45. The van der Waals surface area contributed by atoms with Crippen LogP contribution in [0.3, 0.4) is 0 Å². The van der Waals surface area contributed by atoms with Gasteiger partial charge in [-0.3, -0.25) is 0 Å². The van der Waals surface area contributed by atoms with Crippen molar-refractivity contribution in [3.05, 3.63) is 36.0 Å². The van der Waals surface area contributed by atoms with Gasteiger partial charge in [-0.1, -0.05) is 6.07 Å². The van der Waals surface area contributed by atoms with Gasteiger partial charge in [-0.2, -0.15) is 0 Å². The SMILES string of the molecule is CN1[C@@H]2CC[C@H]1CC(C)(OC(=O)c1ccc3cc[nH]c3c1)C2. The number of fused-ring (bicyclic) bond motifs is 3. The molecular formula is C18H22N2O2. The Kier molecular flexibility index (Phi) is 3.05. The van der Waals surface area contributed by atoms with E-state index in [1.165, 1.54) is 12.8 Å². The van der Waals surface area contributed by atoms with Crippen molar-refractivity contribution < 1.29 is 9.53 Å². The van der Waals surface area contributed by atoms with Crippen molar-refractivity contribution in [3.63, 3.8) is 0 Å². The molecule has 2 bridgehead atoms. The van der Waals surface area contributed by atoms with Gasteiger partial charge in [0, 0.05) is 36.6 Å². The number of benzene rings is 1. The van der Waals surface area contributed by atoms with E-state index in [0.717, 1.165) is 23.7 Å². The number of esters is 1. The summed E-state index contributed by atoms with van der Waals surface area (Å²) in [6, 6.07) is 8.81. The van der Waals surface area contributed by atoms with Crippen LogP contribution in [-0.4, -0.2) is 40.6 Å². The molecule has 2 aromatic rings. The molecule has 0 spiro atoms. The number of carbonyl (C=O) groups excluding carboxylic acids is 1. The minimum absolute atomic E-state index is 0.206. The molecule has 4 nitrogen and oxygen atoms in total. The summed E-state index contributed by atoms with van der Waals surface area (Å²) < 4.78 is 5.94. The van der Waals surface area contributed by atoms with Crippen LogP contribution in [0.4, 0.5) is 0 Å². The predicted octanol–water partition coefficient (Wildman–Crippen LogP) is 3.34. The van der Waals surface area contributed by atoms with Gasteiger partial charge in [0.2, 0.25) is 0 Å². The van der Waals surface area contributed by atoms with Gasteiger partial charge in [0.05, 0.1) is 5.56 Å². The zero-order valence-electron chi connectivity index (χ0n) is 13.1. The summed E-state index contributed by atoms with van der Waals surface area (Å²) in [6.45, 7) is 2.09. The number of ether oxygens (including phenoxy) is 1. The molecule has 4 heteroatoms. The lowest BCUT2D eigenvalue weighted by molar-refractivity contribution is -0.0556. The quantitative estimate of drug-likeness (QED) is 0.865. The maximum Gasteiger partial charge on any atom is 0.338 e. The van der Waals surface area contributed by atoms with Crippen molar-refractivity contribution in [3.8, 4) is 0 Å². The van der Waals surface area contributed by atoms with Crippen LogP contribution >= 0.6 is 0 Å². The number of H-pyrrole nitrogens is 1. The van der Waals surface area contributed by atoms with Crippen LogP contribution in [-0.2, 0) is 4.74 Å². The summed E-state index contributed by atoms with van der Waals surface area (Å²) in [5, 5.41) is 1.11. The van der Waals surface area contributed by atoms with Crippen LogP contribution in [0.15, 0.2) is 30.5 Å². The number of hydrogen-bond donors (Lipinski definition) is 1. The Morgan fingerprint density at radius 1 is 1.27 bits per heavy atom. The van der Waals surface area contributed by atoms with E-state index in [0.29, 0.717) is 17.6 Å². The number of aromatic nitrogens is 1. The molecule has 3 heterocycles. The summed E-state index contributed by atoms with van der Waals surface area (Å²) >= 11 is 0. The van der Waals surface area contributed by atoms with Crippen LogP contribution in [0, 0.1) is 0 Å². The second-order valence-corrected chi connectivity index (χ2v) is 7.08. The van der Waals surface area contributed by atoms with Gasteiger partial charge in [-0.15, -0.1) is 0 Å². The van der Waals surface area contributed by atoms with Crippen LogP contribution < -0.4 is 0 Å². The molecule has 0 aliphatic carbocycles. The molecule has 2 fully saturated rings. The second kappa shape index (κ2) is 4.85. The van der Waals surface area contributed by atoms with Crippen molar-refractivity contribution in [2.75, 3.05) is 7.05 Å². The fraction of sp³-hybridized carbons (Fsp3) is 0.500. The molecule has 1 unspecified atom stereocenters. The number of aromatic amines is 1. The molecule has 4 rings (SSSR count). The Morgan fingerprint density at radius 3 is 2.73 bits per heavy atom. The molecule has 1 aromatic carbocycles. The van der Waals surface area contributed by atoms with Gasteiger partial charge in [0.25, 0.3) is 0 Å². The van der Waals surface area contributed by atoms with E-state index in [9.17, 15) is 4.79 Å². The lowest BCUT2D eigenvalue weighted by Gasteiger charge is -2.42. The number of piperidine rings is 1. The monoisotopic (exact) mass is 298 g/mol. The number of nitrogens with zero attached hydrogens (tertiary/aromatic N) is 1. The van der Waals surface area contributed by atoms with Crippen LogP contribution in [0.5, 0.6) is 0 Å². The summed E-state index contributed by atoms with van der Waals surface area (Å²) in [5.41, 5.74) is 1.27. The average molecular weight is 298 g/mol. The lowest BCUT2D eigenvalue weighted by atomic mass is 9.88. The first-order valence-electron chi connectivity index (χ1n) is 8.06. The fourth-order valence-electron chi connectivity index (χ4n) is 4.20. The Labute approximate surface area is 130 Å². The van der Waals surface area contributed by atoms with E-state index < -0.39 is 0 Å². The highest BCUT2D eigenvalue weighted by Crippen LogP contribution is 2.41. The van der Waals surface area contributed by atoms with E-state index in [2.05, 4.69) is 23.9 Å². The standard InChI is InChI=1S/C18H22N2O2/c1-18(10-14-5-6-15(11-18)20(14)2)22-17(21)13-4-3-12-7-8-19-16(12)9-13/h3-4,7-9,14-15,19H,5-6,10-11H2,1-2H3/t14-,15+,18?. The molecule has 22 heavy (non-hydrogen) atoms. The highest BCUT2D eigenvalue weighted by Gasteiger charge is 2.46. The molecule has 2 aliphatic heterocycles. The maximum absolute atomic E-state index is 12.5. The largest absolute Gasteiger partial charge is 0.456 e. The first-order chi connectivity index (χ1) is 10.5. The summed E-state index contributed by atoms with van der Waals surface area (Å²) in [6.07, 6.45) is 6.22. The second-order valence-electron chi connectivity index (χ2n) is 7.08. The summed E-state index contributed by atoms with van der Waals surface area (Å²) in [5.74, 6) is -0.206. The summed E-state index contributed by atoms with van der Waals surface area (Å²) in [7, 11) is 2.20. The van der Waals surface area contributed by atoms with Gasteiger partial charge in [-0.05, 0) is 50.4 Å². The van der Waals surface area contributed by atoms with E-state index in [4.69, 9.17) is 4.74 Å². The number of nitrogens with one attached hydrogen (secondary N) is 1. The summed E-state index contributed by atoms with van der Waals surface area (Å²) in [4.78, 5) is 18.2. The van der Waals surface area contributed by atoms with Crippen LogP contribution in [0.25, 0.3) is 10.9 Å². The Morgan fingerprint density at radius 2 is 2.00 bits per heavy atom. The minimum Gasteiger partial charge on any atom is -0.456 e. The average Bonchev–Trinajstić information content (AvgIpc) is 3.02. The maximum atomic E-state index is 12.5. The van der Waals surface area contributed by atoms with Crippen LogP contribution in [0.1, 0.15) is 43.0 Å². The molecule has 2 saturated heterocycles. The molecule has 1 N–H and O–H groups in total. The first kappa shape index (κ1) is 13.8. The van der Waals surface area contributed by atoms with Gasteiger partial charge < -0.3 is 14.6 Å². The topological polar surface area (TPSA) is 45.3 Å². The van der Waals surface area contributed by atoms with Gasteiger partial charge >= 0.3 is 5.97 Å². The minimum atomic E-state index is -0.333. The van der Waals surface area contributed by atoms with Gasteiger partial charge in [-0.25, -0.2) is 4.79 Å². The van der Waals surface area contributed by atoms with Crippen molar-refractivity contribution in [1.29, 1.82) is 0 Å². The van der Waals surface area contributed by atoms with Crippen molar-refractivity contribution in [2.24, 2.45) is 0 Å². The molecule has 0 amide bonds. The molecule has 0 radical (unpaired) electrons. The first-order valence-corrected chi connectivity index (χ1v) is 8.06. The highest BCUT2D eigenvalue weighted by molar-refractivity contribution is 5.94. The van der Waals surface area contributed by atoms with Crippen molar-refractivity contribution >= 4 is 16.9 Å². The van der Waals surface area contributed by atoms with Crippen molar-refractivity contribution in [1.82, 2.24) is 9.88 Å². The zero-order chi connectivity index (χ0) is 15.3. The van der Waals surface area contributed by atoms with E-state index in [-0.39, 0.29) is 11.6 Å². The molecule has 1 aromatic heterocycles. The number of rotatable bonds is 2. The smallest absolute Gasteiger partial charge is 0.338 e. The third-order valence-electron chi connectivity index (χ3n) is 5.45. The Hall–Kier alpha value is -1.81. The molecule has 0 saturated carbocycles. The van der Waals surface area contributed by atoms with E-state index in [1.807, 2.05) is 30.5 Å². The van der Waals surface area contributed by atoms with E-state index in [1.54, 1.807) is 0 Å². The normalized spacial score (nSPS) is 31.5. The number of hydrogen-bond acceptors (Lipinski definition) is 3. The van der Waals surface area contributed by atoms with E-state index >= 15 is 0 Å². The Bertz CT molecular complexity index is 707. The molecular weight excluding hydrogens is 276 g/mol. The molecule has 3 atom stereocenters. The molecule has 2 aliphatic rings. The predicted molar refractivity (Wildman–Crippen MR) is 85.9 cm³/mol. The number of carbonyl (C=O) groups is 1. The van der Waals surface area contributed by atoms with Crippen molar-refractivity contribution in [2.45, 2.75) is 50.3 Å². The van der Waals surface area contributed by atoms with Gasteiger partial charge in [0.15, 0.2) is 0 Å². The lowest BCUT2D eigenvalue weighted by Crippen LogP contribution is -2.49. The Balaban J connectivity index is 1.54. The molecule has 116 valence electrons. The fourth-order valence-corrected chi connectivity index (χ4v) is 4.20. The highest BCUT2D eigenvalue weighted by atomic mass is 16.6. The zero-order valence-corrected chi connectivity index (χ0v) is 13.1. The third kappa shape index (κ3) is 2.22. The van der Waals surface area contributed by atoms with Gasteiger partial charge in [0.1, 0.15) is 5.60 Å². The van der Waals surface area contributed by atoms with Crippen LogP contribution in [0.2, 0.25) is 0 Å².